The van der Waals surface area contributed by atoms with Crippen LogP contribution in [0, 0.1) is 11.8 Å². The largest absolute Gasteiger partial charge is 0.465 e. The van der Waals surface area contributed by atoms with E-state index in [4.69, 9.17) is 9.47 Å². The Hall–Kier alpha value is -1.14. The highest BCUT2D eigenvalue weighted by Gasteiger charge is 2.15. The van der Waals surface area contributed by atoms with Crippen molar-refractivity contribution in [3.63, 3.8) is 0 Å². The van der Waals surface area contributed by atoms with Crippen molar-refractivity contribution in [1.29, 1.82) is 0 Å². The van der Waals surface area contributed by atoms with E-state index in [0.717, 1.165) is 13.1 Å². The molecule has 0 aromatic heterocycles. The van der Waals surface area contributed by atoms with Crippen LogP contribution in [-0.4, -0.2) is 61.4 Å². The number of aliphatic hydroxyl groups is 1. The van der Waals surface area contributed by atoms with Gasteiger partial charge in [-0.15, -0.1) is 0 Å². The van der Waals surface area contributed by atoms with E-state index >= 15 is 0 Å². The lowest BCUT2D eigenvalue weighted by atomic mass is 9.94. The summed E-state index contributed by atoms with van der Waals surface area (Å²) >= 11 is 0. The zero-order chi connectivity index (χ0) is 40.3. The van der Waals surface area contributed by atoms with Gasteiger partial charge in [0.15, 0.2) is 0 Å². The van der Waals surface area contributed by atoms with Gasteiger partial charge in [0.05, 0.1) is 19.8 Å². The van der Waals surface area contributed by atoms with Gasteiger partial charge < -0.3 is 19.5 Å². The van der Waals surface area contributed by atoms with Crippen molar-refractivity contribution in [2.24, 2.45) is 11.8 Å². The molecule has 6 nitrogen and oxygen atoms in total. The van der Waals surface area contributed by atoms with Gasteiger partial charge in [0, 0.05) is 19.4 Å². The molecule has 0 bridgehead atoms. The van der Waals surface area contributed by atoms with E-state index in [1.54, 1.807) is 0 Å². The highest BCUT2D eigenvalue weighted by molar-refractivity contribution is 5.69. The molecule has 2 atom stereocenters. The van der Waals surface area contributed by atoms with Crippen LogP contribution in [0.2, 0.25) is 0 Å². The molecule has 55 heavy (non-hydrogen) atoms. The highest BCUT2D eigenvalue weighted by Crippen LogP contribution is 2.22. The van der Waals surface area contributed by atoms with Gasteiger partial charge >= 0.3 is 11.9 Å². The highest BCUT2D eigenvalue weighted by atomic mass is 16.5. The minimum absolute atomic E-state index is 0.0758. The summed E-state index contributed by atoms with van der Waals surface area (Å²) in [5, 5.41) is 9.67. The summed E-state index contributed by atoms with van der Waals surface area (Å²) in [4.78, 5) is 27.7. The average molecular weight is 780 g/mol. The van der Waals surface area contributed by atoms with Gasteiger partial charge in [0.25, 0.3) is 0 Å². The second kappa shape index (κ2) is 44.0. The predicted octanol–water partition coefficient (Wildman–Crippen LogP) is 14.3. The average Bonchev–Trinajstić information content (AvgIpc) is 3.18. The molecule has 6 heteroatoms. The molecule has 0 rings (SSSR count). The second-order valence-corrected chi connectivity index (χ2v) is 17.2. The summed E-state index contributed by atoms with van der Waals surface area (Å²) in [6.07, 6.45) is 42.4. The van der Waals surface area contributed by atoms with Gasteiger partial charge in [-0.3, -0.25) is 9.59 Å². The molecule has 2 unspecified atom stereocenters. The molecular formula is C49H97NO5. The monoisotopic (exact) mass is 780 g/mol. The molecule has 0 amide bonds. The first-order valence-corrected chi connectivity index (χ1v) is 24.6. The van der Waals surface area contributed by atoms with Crippen molar-refractivity contribution in [2.45, 2.75) is 252 Å². The molecule has 0 aliphatic heterocycles. The zero-order valence-electron chi connectivity index (χ0n) is 37.7. The quantitative estimate of drug-likeness (QED) is 0.0490. The Bertz CT molecular complexity index is 791. The van der Waals surface area contributed by atoms with Crippen LogP contribution in [0.25, 0.3) is 0 Å². The van der Waals surface area contributed by atoms with Crippen molar-refractivity contribution in [3.8, 4) is 0 Å². The Morgan fingerprint density at radius 3 is 0.945 bits per heavy atom. The van der Waals surface area contributed by atoms with E-state index in [0.29, 0.717) is 57.3 Å². The topological polar surface area (TPSA) is 76.1 Å². The first kappa shape index (κ1) is 53.9. The number of unbranched alkanes of at least 4 members (excludes halogenated alkanes) is 23. The fourth-order valence-corrected chi connectivity index (χ4v) is 7.94. The van der Waals surface area contributed by atoms with Crippen molar-refractivity contribution < 1.29 is 24.2 Å². The molecule has 0 saturated heterocycles. The first-order chi connectivity index (χ1) is 27.0. The molecular weight excluding hydrogens is 683 g/mol. The van der Waals surface area contributed by atoms with Crippen LogP contribution >= 0.6 is 0 Å². The Morgan fingerprint density at radius 2 is 0.673 bits per heavy atom. The van der Waals surface area contributed by atoms with Gasteiger partial charge in [-0.2, -0.15) is 0 Å². The zero-order valence-corrected chi connectivity index (χ0v) is 37.7. The lowest BCUT2D eigenvalue weighted by Crippen LogP contribution is -2.30. The fraction of sp³-hybridized carbons (Fsp3) is 0.959. The summed E-state index contributed by atoms with van der Waals surface area (Å²) in [6.45, 7) is 12.3. The van der Waals surface area contributed by atoms with Gasteiger partial charge in [0.1, 0.15) is 0 Å². The van der Waals surface area contributed by atoms with Crippen LogP contribution in [0.1, 0.15) is 252 Å². The van der Waals surface area contributed by atoms with Gasteiger partial charge in [-0.25, -0.2) is 0 Å². The molecule has 328 valence electrons. The first-order valence-electron chi connectivity index (χ1n) is 24.6. The Kier molecular flexibility index (Phi) is 43.1. The summed E-state index contributed by atoms with van der Waals surface area (Å²) in [5.74, 6) is 0.768. The number of hydrogen-bond acceptors (Lipinski definition) is 6. The fourth-order valence-electron chi connectivity index (χ4n) is 7.94. The van der Waals surface area contributed by atoms with E-state index in [2.05, 4.69) is 32.6 Å². The minimum Gasteiger partial charge on any atom is -0.465 e. The standard InChI is InChI=1S/C49H97NO5/c1-5-9-13-17-20-22-26-30-36-46(34-28-24-16-12-8-4)44-54-48(52)38-32-40-50(42-43-51)41-33-39-49(53)55-45-47(35-29-25-19-15-11-7-3)37-31-27-23-21-18-14-10-6-2/h46-47,51H,5-45H2,1-4H3. The van der Waals surface area contributed by atoms with Crippen LogP contribution in [0.3, 0.4) is 0 Å². The maximum Gasteiger partial charge on any atom is 0.305 e. The summed E-state index contributed by atoms with van der Waals surface area (Å²) in [5.41, 5.74) is 0. The van der Waals surface area contributed by atoms with Gasteiger partial charge in [0.2, 0.25) is 0 Å². The normalized spacial score (nSPS) is 12.7. The summed E-state index contributed by atoms with van der Waals surface area (Å²) < 4.78 is 11.7. The lowest BCUT2D eigenvalue weighted by Gasteiger charge is -2.21. The molecule has 0 heterocycles. The molecule has 0 spiro atoms. The van der Waals surface area contributed by atoms with Crippen LogP contribution < -0.4 is 0 Å². The van der Waals surface area contributed by atoms with Gasteiger partial charge in [-0.05, 0) is 63.5 Å². The third-order valence-electron chi connectivity index (χ3n) is 11.7. The number of aliphatic hydroxyl groups excluding tert-OH is 1. The molecule has 0 aliphatic carbocycles. The van der Waals surface area contributed by atoms with E-state index in [9.17, 15) is 14.7 Å². The molecule has 0 aromatic carbocycles. The Labute approximate surface area is 343 Å². The van der Waals surface area contributed by atoms with Crippen molar-refractivity contribution in [1.82, 2.24) is 4.90 Å². The maximum absolute atomic E-state index is 12.8. The number of carbonyl (C=O) groups excluding carboxylic acids is 2. The number of esters is 2. The van der Waals surface area contributed by atoms with E-state index in [1.807, 2.05) is 0 Å². The number of nitrogens with zero attached hydrogens (tertiary/aromatic N) is 1. The molecule has 0 aliphatic rings. The minimum atomic E-state index is -0.0954. The Morgan fingerprint density at radius 1 is 0.400 bits per heavy atom. The molecule has 0 radical (unpaired) electrons. The van der Waals surface area contributed by atoms with Crippen LogP contribution in [-0.2, 0) is 19.1 Å². The molecule has 0 fully saturated rings. The summed E-state index contributed by atoms with van der Waals surface area (Å²) in [7, 11) is 0. The SMILES string of the molecule is CCCCCCCCCCC(CCCCCCC)COC(=O)CCCN(CCO)CCCC(=O)OCC(CCCCCCCC)CCCCCCCCCC. The van der Waals surface area contributed by atoms with Crippen molar-refractivity contribution in [2.75, 3.05) is 39.5 Å². The van der Waals surface area contributed by atoms with Gasteiger partial charge in [-0.1, -0.05) is 201 Å². The van der Waals surface area contributed by atoms with Crippen LogP contribution in [0.5, 0.6) is 0 Å². The van der Waals surface area contributed by atoms with E-state index in [1.165, 1.54) is 199 Å². The number of rotatable bonds is 45. The third-order valence-corrected chi connectivity index (χ3v) is 11.7. The lowest BCUT2D eigenvalue weighted by molar-refractivity contribution is -0.146. The van der Waals surface area contributed by atoms with Crippen LogP contribution in [0.4, 0.5) is 0 Å². The molecule has 0 saturated carbocycles. The predicted molar refractivity (Wildman–Crippen MR) is 237 cm³/mol. The molecule has 0 aromatic rings. The molecule has 1 N–H and O–H groups in total. The number of ether oxygens (including phenoxy) is 2. The Balaban J connectivity index is 4.53. The van der Waals surface area contributed by atoms with Crippen LogP contribution in [0.15, 0.2) is 0 Å². The summed E-state index contributed by atoms with van der Waals surface area (Å²) in [6, 6.07) is 0. The third kappa shape index (κ3) is 39.5. The smallest absolute Gasteiger partial charge is 0.305 e. The number of hydrogen-bond donors (Lipinski definition) is 1. The maximum atomic E-state index is 12.8. The van der Waals surface area contributed by atoms with E-state index < -0.39 is 0 Å². The van der Waals surface area contributed by atoms with Crippen molar-refractivity contribution >= 4 is 11.9 Å². The van der Waals surface area contributed by atoms with Crippen molar-refractivity contribution in [3.05, 3.63) is 0 Å². The van der Waals surface area contributed by atoms with E-state index in [-0.39, 0.29) is 18.5 Å². The second-order valence-electron chi connectivity index (χ2n) is 17.2. The number of carbonyl (C=O) groups is 2.